The molecule has 2 aliphatic carbocycles. The highest BCUT2D eigenvalue weighted by atomic mass is 14.7. The molecule has 1 heteroatoms. The van der Waals surface area contributed by atoms with Crippen molar-refractivity contribution in [2.75, 3.05) is 0 Å². The standard InChI is InChI=1S/C11H21N/c1-10(2)7-11(8-10)6-4-3-5-9(11)12/h9H,3-8,12H2,1-2H3. The molecule has 0 aliphatic heterocycles. The first kappa shape index (κ1) is 8.55. The Balaban J connectivity index is 2.03. The summed E-state index contributed by atoms with van der Waals surface area (Å²) in [4.78, 5) is 0. The van der Waals surface area contributed by atoms with Crippen LogP contribution in [0.15, 0.2) is 0 Å². The van der Waals surface area contributed by atoms with Crippen LogP contribution in [-0.4, -0.2) is 6.04 Å². The van der Waals surface area contributed by atoms with Crippen LogP contribution in [-0.2, 0) is 0 Å². The molecule has 1 spiro atoms. The van der Waals surface area contributed by atoms with E-state index in [0.29, 0.717) is 16.9 Å². The lowest BCUT2D eigenvalue weighted by Gasteiger charge is -2.58. The quantitative estimate of drug-likeness (QED) is 0.590. The average Bonchev–Trinajstić information content (AvgIpc) is 1.91. The van der Waals surface area contributed by atoms with Gasteiger partial charge in [0.25, 0.3) is 0 Å². The third-order valence-electron chi connectivity index (χ3n) is 3.89. The van der Waals surface area contributed by atoms with E-state index in [1.807, 2.05) is 0 Å². The maximum Gasteiger partial charge on any atom is 0.00959 e. The van der Waals surface area contributed by atoms with Gasteiger partial charge in [0.15, 0.2) is 0 Å². The lowest BCUT2D eigenvalue weighted by molar-refractivity contribution is -0.0571. The first-order valence-electron chi connectivity index (χ1n) is 5.30. The highest BCUT2D eigenvalue weighted by Crippen LogP contribution is 2.60. The molecule has 2 saturated carbocycles. The van der Waals surface area contributed by atoms with Crippen molar-refractivity contribution in [3.8, 4) is 0 Å². The van der Waals surface area contributed by atoms with E-state index in [0.717, 1.165) is 0 Å². The summed E-state index contributed by atoms with van der Waals surface area (Å²) in [6.07, 6.45) is 8.21. The predicted octanol–water partition coefficient (Wildman–Crippen LogP) is 2.69. The van der Waals surface area contributed by atoms with Gasteiger partial charge in [0, 0.05) is 6.04 Å². The maximum atomic E-state index is 6.20. The van der Waals surface area contributed by atoms with Crippen molar-refractivity contribution in [2.45, 2.75) is 58.4 Å². The summed E-state index contributed by atoms with van der Waals surface area (Å²) in [5, 5.41) is 0. The minimum atomic E-state index is 0.513. The monoisotopic (exact) mass is 167 g/mol. The van der Waals surface area contributed by atoms with Crippen LogP contribution in [0.4, 0.5) is 0 Å². The molecule has 1 atom stereocenters. The lowest BCUT2D eigenvalue weighted by Crippen LogP contribution is -2.55. The summed E-state index contributed by atoms with van der Waals surface area (Å²) < 4.78 is 0. The molecule has 12 heavy (non-hydrogen) atoms. The van der Waals surface area contributed by atoms with Gasteiger partial charge in [-0.05, 0) is 36.5 Å². The van der Waals surface area contributed by atoms with Crippen LogP contribution >= 0.6 is 0 Å². The highest BCUT2D eigenvalue weighted by Gasteiger charge is 2.52. The Labute approximate surface area is 75.7 Å². The van der Waals surface area contributed by atoms with E-state index < -0.39 is 0 Å². The molecule has 2 N–H and O–H groups in total. The highest BCUT2D eigenvalue weighted by molar-refractivity contribution is 5.05. The molecule has 70 valence electrons. The minimum absolute atomic E-state index is 0.513. The van der Waals surface area contributed by atoms with E-state index in [4.69, 9.17) is 5.73 Å². The van der Waals surface area contributed by atoms with Gasteiger partial charge in [-0.2, -0.15) is 0 Å². The van der Waals surface area contributed by atoms with Crippen LogP contribution in [0.2, 0.25) is 0 Å². The normalized spacial score (nSPS) is 37.8. The van der Waals surface area contributed by atoms with Crippen LogP contribution in [0, 0.1) is 10.8 Å². The van der Waals surface area contributed by atoms with Gasteiger partial charge in [0.05, 0.1) is 0 Å². The van der Waals surface area contributed by atoms with Gasteiger partial charge in [-0.3, -0.25) is 0 Å². The Hall–Kier alpha value is -0.0400. The zero-order valence-corrected chi connectivity index (χ0v) is 8.40. The Morgan fingerprint density at radius 1 is 1.17 bits per heavy atom. The lowest BCUT2D eigenvalue weighted by atomic mass is 9.48. The van der Waals surface area contributed by atoms with Gasteiger partial charge < -0.3 is 5.73 Å². The maximum absolute atomic E-state index is 6.20. The SMILES string of the molecule is CC1(C)CC2(CCCCC2N)C1. The molecule has 0 saturated heterocycles. The molecule has 0 amide bonds. The number of rotatable bonds is 0. The molecule has 0 radical (unpaired) electrons. The molecular formula is C11H21N. The Kier molecular flexibility index (Phi) is 1.76. The Bertz CT molecular complexity index is 175. The van der Waals surface area contributed by atoms with E-state index in [1.165, 1.54) is 38.5 Å². The molecular weight excluding hydrogens is 146 g/mol. The predicted molar refractivity (Wildman–Crippen MR) is 51.9 cm³/mol. The van der Waals surface area contributed by atoms with Crippen LogP contribution in [0.5, 0.6) is 0 Å². The minimum Gasteiger partial charge on any atom is -0.327 e. The van der Waals surface area contributed by atoms with Crippen LogP contribution < -0.4 is 5.73 Å². The van der Waals surface area contributed by atoms with E-state index in [9.17, 15) is 0 Å². The third kappa shape index (κ3) is 1.19. The van der Waals surface area contributed by atoms with Gasteiger partial charge in [0.2, 0.25) is 0 Å². The summed E-state index contributed by atoms with van der Waals surface area (Å²) >= 11 is 0. The van der Waals surface area contributed by atoms with E-state index >= 15 is 0 Å². The molecule has 2 aliphatic rings. The third-order valence-corrected chi connectivity index (χ3v) is 3.89. The van der Waals surface area contributed by atoms with Crippen LogP contribution in [0.3, 0.4) is 0 Å². The smallest absolute Gasteiger partial charge is 0.00959 e. The molecule has 0 aromatic heterocycles. The van der Waals surface area contributed by atoms with E-state index in [1.54, 1.807) is 0 Å². The fraction of sp³-hybridized carbons (Fsp3) is 1.00. The molecule has 0 aromatic carbocycles. The largest absolute Gasteiger partial charge is 0.327 e. The summed E-state index contributed by atoms with van der Waals surface area (Å²) in [7, 11) is 0. The molecule has 1 unspecified atom stereocenters. The molecule has 2 fully saturated rings. The van der Waals surface area contributed by atoms with Gasteiger partial charge in [0.1, 0.15) is 0 Å². The first-order valence-corrected chi connectivity index (χ1v) is 5.30. The number of nitrogens with two attached hydrogens (primary N) is 1. The van der Waals surface area contributed by atoms with Crippen molar-refractivity contribution in [3.63, 3.8) is 0 Å². The topological polar surface area (TPSA) is 26.0 Å². The number of hydrogen-bond acceptors (Lipinski definition) is 1. The first-order chi connectivity index (χ1) is 5.54. The summed E-state index contributed by atoms with van der Waals surface area (Å²) in [5.41, 5.74) is 7.36. The summed E-state index contributed by atoms with van der Waals surface area (Å²) in [5.74, 6) is 0. The van der Waals surface area contributed by atoms with E-state index in [-0.39, 0.29) is 0 Å². The zero-order chi connectivity index (χ0) is 8.82. The van der Waals surface area contributed by atoms with Crippen molar-refractivity contribution in [2.24, 2.45) is 16.6 Å². The molecule has 0 bridgehead atoms. The zero-order valence-electron chi connectivity index (χ0n) is 8.40. The molecule has 2 rings (SSSR count). The van der Waals surface area contributed by atoms with Crippen molar-refractivity contribution < 1.29 is 0 Å². The Morgan fingerprint density at radius 2 is 1.83 bits per heavy atom. The second-order valence-electron chi connectivity index (χ2n) is 5.73. The van der Waals surface area contributed by atoms with Gasteiger partial charge in [-0.25, -0.2) is 0 Å². The average molecular weight is 167 g/mol. The fourth-order valence-electron chi connectivity index (χ4n) is 3.63. The van der Waals surface area contributed by atoms with Gasteiger partial charge in [-0.1, -0.05) is 26.7 Å². The van der Waals surface area contributed by atoms with E-state index in [2.05, 4.69) is 13.8 Å². The second-order valence-corrected chi connectivity index (χ2v) is 5.73. The van der Waals surface area contributed by atoms with Gasteiger partial charge in [-0.15, -0.1) is 0 Å². The van der Waals surface area contributed by atoms with Crippen molar-refractivity contribution >= 4 is 0 Å². The summed E-state index contributed by atoms with van der Waals surface area (Å²) in [6, 6.07) is 0.513. The molecule has 1 nitrogen and oxygen atoms in total. The number of hydrogen-bond donors (Lipinski definition) is 1. The Morgan fingerprint density at radius 3 is 2.33 bits per heavy atom. The molecule has 0 aromatic rings. The van der Waals surface area contributed by atoms with Crippen LogP contribution in [0.1, 0.15) is 52.4 Å². The van der Waals surface area contributed by atoms with Crippen molar-refractivity contribution in [1.29, 1.82) is 0 Å². The summed E-state index contributed by atoms with van der Waals surface area (Å²) in [6.45, 7) is 4.75. The van der Waals surface area contributed by atoms with Gasteiger partial charge >= 0.3 is 0 Å². The van der Waals surface area contributed by atoms with Crippen molar-refractivity contribution in [3.05, 3.63) is 0 Å². The fourth-order valence-corrected chi connectivity index (χ4v) is 3.63. The van der Waals surface area contributed by atoms with Crippen molar-refractivity contribution in [1.82, 2.24) is 0 Å². The second kappa shape index (κ2) is 2.47. The molecule has 0 heterocycles. The van der Waals surface area contributed by atoms with Crippen LogP contribution in [0.25, 0.3) is 0 Å².